The number of fused-ring (bicyclic) bond motifs is 1. The number of hydrogen-bond acceptors (Lipinski definition) is 5. The molecule has 4 rings (SSSR count). The van der Waals surface area contributed by atoms with Crippen LogP contribution in [0.25, 0.3) is 11.4 Å². The van der Waals surface area contributed by atoms with Gasteiger partial charge in [-0.05, 0) is 24.3 Å². The number of nitrogens with one attached hydrogen (secondary N) is 1. The number of benzene rings is 2. The SMILES string of the molecule is Fc1cc2c(c(CSc3n[nH]c(-c4ccccc4F)n3)c1)OCOC2. The van der Waals surface area contributed by atoms with Crippen LogP contribution >= 0.6 is 11.8 Å². The minimum absolute atomic E-state index is 0.147. The monoisotopic (exact) mass is 361 g/mol. The summed E-state index contributed by atoms with van der Waals surface area (Å²) in [5, 5.41) is 7.26. The molecule has 3 aromatic rings. The van der Waals surface area contributed by atoms with Crippen molar-refractivity contribution in [3.05, 3.63) is 59.2 Å². The molecule has 0 aliphatic carbocycles. The molecule has 2 aromatic carbocycles. The van der Waals surface area contributed by atoms with Crippen LogP contribution in [0.2, 0.25) is 0 Å². The lowest BCUT2D eigenvalue weighted by Gasteiger charge is -2.20. The molecule has 2 heterocycles. The summed E-state index contributed by atoms with van der Waals surface area (Å²) in [6, 6.07) is 9.17. The molecule has 25 heavy (non-hydrogen) atoms. The van der Waals surface area contributed by atoms with Crippen molar-refractivity contribution in [2.45, 2.75) is 17.5 Å². The summed E-state index contributed by atoms with van der Waals surface area (Å²) in [6.07, 6.45) is 0. The topological polar surface area (TPSA) is 60.0 Å². The van der Waals surface area contributed by atoms with Crippen LogP contribution in [0.5, 0.6) is 5.75 Å². The first-order valence-electron chi connectivity index (χ1n) is 7.52. The van der Waals surface area contributed by atoms with E-state index in [-0.39, 0.29) is 18.4 Å². The van der Waals surface area contributed by atoms with Crippen LogP contribution in [0.15, 0.2) is 41.6 Å². The molecule has 1 aliphatic heterocycles. The maximum Gasteiger partial charge on any atom is 0.209 e. The molecule has 5 nitrogen and oxygen atoms in total. The lowest BCUT2D eigenvalue weighted by atomic mass is 10.1. The minimum Gasteiger partial charge on any atom is -0.467 e. The molecule has 8 heteroatoms. The zero-order chi connectivity index (χ0) is 17.2. The molecule has 0 atom stereocenters. The van der Waals surface area contributed by atoms with E-state index >= 15 is 0 Å². The fraction of sp³-hybridized carbons (Fsp3) is 0.176. The van der Waals surface area contributed by atoms with E-state index in [0.717, 1.165) is 0 Å². The van der Waals surface area contributed by atoms with Gasteiger partial charge in [0.1, 0.15) is 17.4 Å². The standard InChI is InChI=1S/C17H13F2N3O2S/c18-12-5-10-7-23-9-24-15(10)11(6-12)8-25-17-20-16(21-22-17)13-3-1-2-4-14(13)19/h1-6H,7-9H2,(H,20,21,22). The van der Waals surface area contributed by atoms with E-state index in [1.165, 1.54) is 30.0 Å². The van der Waals surface area contributed by atoms with E-state index < -0.39 is 0 Å². The maximum atomic E-state index is 13.8. The van der Waals surface area contributed by atoms with Gasteiger partial charge in [0.25, 0.3) is 0 Å². The number of H-pyrrole nitrogens is 1. The fourth-order valence-corrected chi connectivity index (χ4v) is 3.36. The molecule has 0 spiro atoms. The predicted octanol–water partition coefficient (Wildman–Crippen LogP) is 3.91. The zero-order valence-electron chi connectivity index (χ0n) is 13.0. The molecule has 1 N–H and O–H groups in total. The fourth-order valence-electron chi connectivity index (χ4n) is 2.59. The number of rotatable bonds is 4. The van der Waals surface area contributed by atoms with Crippen molar-refractivity contribution >= 4 is 11.8 Å². The third-order valence-corrected chi connectivity index (χ3v) is 4.60. The molecular weight excluding hydrogens is 348 g/mol. The third kappa shape index (κ3) is 3.35. The van der Waals surface area contributed by atoms with Gasteiger partial charge in [0, 0.05) is 16.9 Å². The summed E-state index contributed by atoms with van der Waals surface area (Å²) in [4.78, 5) is 4.29. The molecule has 128 valence electrons. The summed E-state index contributed by atoms with van der Waals surface area (Å²) in [7, 11) is 0. The van der Waals surface area contributed by atoms with Crippen LogP contribution in [0, 0.1) is 11.6 Å². The van der Waals surface area contributed by atoms with E-state index in [4.69, 9.17) is 9.47 Å². The maximum absolute atomic E-state index is 13.8. The van der Waals surface area contributed by atoms with Crippen LogP contribution in [-0.4, -0.2) is 22.0 Å². The van der Waals surface area contributed by atoms with Gasteiger partial charge in [-0.1, -0.05) is 23.9 Å². The van der Waals surface area contributed by atoms with E-state index in [0.29, 0.717) is 45.8 Å². The van der Waals surface area contributed by atoms with E-state index in [1.54, 1.807) is 18.2 Å². The minimum atomic E-state index is -0.372. The smallest absolute Gasteiger partial charge is 0.209 e. The van der Waals surface area contributed by atoms with Crippen LogP contribution in [-0.2, 0) is 17.1 Å². The van der Waals surface area contributed by atoms with Gasteiger partial charge < -0.3 is 9.47 Å². The van der Waals surface area contributed by atoms with Crippen molar-refractivity contribution in [1.29, 1.82) is 0 Å². The normalized spacial score (nSPS) is 13.4. The molecule has 0 unspecified atom stereocenters. The van der Waals surface area contributed by atoms with Gasteiger partial charge in [-0.15, -0.1) is 5.10 Å². The first-order chi connectivity index (χ1) is 12.2. The second-order valence-electron chi connectivity index (χ2n) is 5.40. The average molecular weight is 361 g/mol. The van der Waals surface area contributed by atoms with E-state index in [9.17, 15) is 8.78 Å². The van der Waals surface area contributed by atoms with Crippen molar-refractivity contribution < 1.29 is 18.3 Å². The lowest BCUT2D eigenvalue weighted by Crippen LogP contribution is -2.13. The van der Waals surface area contributed by atoms with Crippen molar-refractivity contribution in [2.24, 2.45) is 0 Å². The third-order valence-electron chi connectivity index (χ3n) is 3.70. The summed E-state index contributed by atoms with van der Waals surface area (Å²) >= 11 is 1.31. The van der Waals surface area contributed by atoms with E-state index in [2.05, 4.69) is 15.2 Å². The second kappa shape index (κ2) is 6.81. The number of thioether (sulfide) groups is 1. The van der Waals surface area contributed by atoms with E-state index in [1.807, 2.05) is 0 Å². The summed E-state index contributed by atoms with van der Waals surface area (Å²) in [5.74, 6) is 0.707. The summed E-state index contributed by atoms with van der Waals surface area (Å²) in [6.45, 7) is 0.469. The van der Waals surface area contributed by atoms with Gasteiger partial charge in [-0.3, -0.25) is 5.10 Å². The lowest BCUT2D eigenvalue weighted by molar-refractivity contribution is -0.0171. The summed E-state index contributed by atoms with van der Waals surface area (Å²) < 4.78 is 38.2. The molecule has 1 aliphatic rings. The molecule has 1 aromatic heterocycles. The number of ether oxygens (including phenoxy) is 2. The van der Waals surface area contributed by atoms with Crippen molar-refractivity contribution in [2.75, 3.05) is 6.79 Å². The Hall–Kier alpha value is -2.45. The van der Waals surface area contributed by atoms with Gasteiger partial charge in [0.05, 0.1) is 12.2 Å². The molecule has 0 bridgehead atoms. The number of aromatic nitrogens is 3. The van der Waals surface area contributed by atoms with Gasteiger partial charge >= 0.3 is 0 Å². The van der Waals surface area contributed by atoms with Crippen LogP contribution in [0.1, 0.15) is 11.1 Å². The Kier molecular flexibility index (Phi) is 4.37. The van der Waals surface area contributed by atoms with Crippen LogP contribution in [0.4, 0.5) is 8.78 Å². The summed E-state index contributed by atoms with van der Waals surface area (Å²) in [5.41, 5.74) is 1.75. The number of hydrogen-bond donors (Lipinski definition) is 1. The molecular formula is C17H13F2N3O2S. The Labute approximate surface area is 146 Å². The predicted molar refractivity (Wildman–Crippen MR) is 88.0 cm³/mol. The van der Waals surface area contributed by atoms with Gasteiger partial charge in [0.2, 0.25) is 5.16 Å². The Balaban J connectivity index is 1.53. The molecule has 0 amide bonds. The zero-order valence-corrected chi connectivity index (χ0v) is 13.8. The average Bonchev–Trinajstić information content (AvgIpc) is 3.08. The Bertz CT molecular complexity index is 917. The molecule has 0 saturated heterocycles. The van der Waals surface area contributed by atoms with Gasteiger partial charge in [0.15, 0.2) is 12.6 Å². The Morgan fingerprint density at radius 3 is 2.96 bits per heavy atom. The highest BCUT2D eigenvalue weighted by atomic mass is 32.2. The number of halogens is 2. The quantitative estimate of drug-likeness (QED) is 0.714. The van der Waals surface area contributed by atoms with Crippen LogP contribution in [0.3, 0.4) is 0 Å². The molecule has 0 fully saturated rings. The van der Waals surface area contributed by atoms with Gasteiger partial charge in [-0.25, -0.2) is 13.8 Å². The number of nitrogens with zero attached hydrogens (tertiary/aromatic N) is 2. The second-order valence-corrected chi connectivity index (χ2v) is 6.34. The Morgan fingerprint density at radius 2 is 2.08 bits per heavy atom. The van der Waals surface area contributed by atoms with Crippen molar-refractivity contribution in [3.63, 3.8) is 0 Å². The largest absolute Gasteiger partial charge is 0.467 e. The highest BCUT2D eigenvalue weighted by Gasteiger charge is 2.18. The van der Waals surface area contributed by atoms with Crippen molar-refractivity contribution in [3.8, 4) is 17.1 Å². The van der Waals surface area contributed by atoms with Crippen LogP contribution < -0.4 is 4.74 Å². The van der Waals surface area contributed by atoms with Gasteiger partial charge in [-0.2, -0.15) is 0 Å². The number of aromatic amines is 1. The first-order valence-corrected chi connectivity index (χ1v) is 8.51. The first kappa shape index (κ1) is 16.0. The highest BCUT2D eigenvalue weighted by molar-refractivity contribution is 7.98. The highest BCUT2D eigenvalue weighted by Crippen LogP contribution is 2.33. The van der Waals surface area contributed by atoms with Crippen molar-refractivity contribution in [1.82, 2.24) is 15.2 Å². The Morgan fingerprint density at radius 1 is 1.20 bits per heavy atom. The molecule has 0 saturated carbocycles. The molecule has 0 radical (unpaired) electrons.